The van der Waals surface area contributed by atoms with Crippen LogP contribution in [0, 0.1) is 11.3 Å². The maximum Gasteiger partial charge on any atom is 0.309 e. The van der Waals surface area contributed by atoms with E-state index in [1.54, 1.807) is 6.92 Å². The van der Waals surface area contributed by atoms with Gasteiger partial charge in [-0.15, -0.1) is 0 Å². The molecule has 0 aromatic carbocycles. The van der Waals surface area contributed by atoms with Crippen molar-refractivity contribution in [3.8, 4) is 0 Å². The number of carboxylic acid groups (broad SMARTS) is 1. The Balaban J connectivity index is 1.90. The van der Waals surface area contributed by atoms with Gasteiger partial charge in [0.05, 0.1) is 5.41 Å². The Kier molecular flexibility index (Phi) is 3.66. The maximum atomic E-state index is 12.1. The number of hydrogen-bond donors (Lipinski definition) is 1. The first-order chi connectivity index (χ1) is 8.03. The molecular weight excluding hydrogens is 238 g/mol. The molecule has 1 unspecified atom stereocenters. The van der Waals surface area contributed by atoms with Gasteiger partial charge in [0.15, 0.2) is 0 Å². The third-order valence-corrected chi connectivity index (χ3v) is 5.14. The van der Waals surface area contributed by atoms with Crippen molar-refractivity contribution in [2.75, 3.05) is 24.6 Å². The Morgan fingerprint density at radius 1 is 1.35 bits per heavy atom. The first-order valence-electron chi connectivity index (χ1n) is 6.13. The van der Waals surface area contributed by atoms with Crippen LogP contribution in [0.25, 0.3) is 0 Å². The van der Waals surface area contributed by atoms with Crippen LogP contribution < -0.4 is 0 Å². The van der Waals surface area contributed by atoms with Crippen LogP contribution in [-0.4, -0.2) is 46.5 Å². The highest BCUT2D eigenvalue weighted by atomic mass is 32.2. The van der Waals surface area contributed by atoms with Crippen molar-refractivity contribution in [2.45, 2.75) is 26.2 Å². The van der Waals surface area contributed by atoms with Crippen LogP contribution in [0.15, 0.2) is 0 Å². The SMILES string of the molecule is CC1(C(=O)O)CCN(C(=O)C2CCSC2)CC1. The first-order valence-corrected chi connectivity index (χ1v) is 7.28. The zero-order chi connectivity index (χ0) is 12.5. The van der Waals surface area contributed by atoms with E-state index in [-0.39, 0.29) is 11.8 Å². The van der Waals surface area contributed by atoms with Crippen molar-refractivity contribution in [1.82, 2.24) is 4.90 Å². The summed E-state index contributed by atoms with van der Waals surface area (Å²) in [5.41, 5.74) is -0.638. The second kappa shape index (κ2) is 4.88. The average molecular weight is 257 g/mol. The van der Waals surface area contributed by atoms with E-state index >= 15 is 0 Å². The zero-order valence-electron chi connectivity index (χ0n) is 10.1. The molecule has 2 saturated heterocycles. The number of carboxylic acids is 1. The topological polar surface area (TPSA) is 57.6 Å². The minimum absolute atomic E-state index is 0.175. The van der Waals surface area contributed by atoms with Gasteiger partial charge in [-0.3, -0.25) is 9.59 Å². The summed E-state index contributed by atoms with van der Waals surface area (Å²) < 4.78 is 0. The minimum atomic E-state index is -0.735. The summed E-state index contributed by atoms with van der Waals surface area (Å²) in [7, 11) is 0. The number of rotatable bonds is 2. The summed E-state index contributed by atoms with van der Waals surface area (Å²) in [5.74, 6) is 1.69. The van der Waals surface area contributed by atoms with Crippen LogP contribution in [-0.2, 0) is 9.59 Å². The molecule has 0 bridgehead atoms. The Morgan fingerprint density at radius 2 is 2.00 bits per heavy atom. The molecule has 4 nitrogen and oxygen atoms in total. The van der Waals surface area contributed by atoms with Crippen molar-refractivity contribution < 1.29 is 14.7 Å². The molecule has 2 aliphatic rings. The van der Waals surface area contributed by atoms with Crippen LogP contribution in [0.4, 0.5) is 0 Å². The van der Waals surface area contributed by atoms with E-state index < -0.39 is 11.4 Å². The highest BCUT2D eigenvalue weighted by Gasteiger charge is 2.39. The van der Waals surface area contributed by atoms with Gasteiger partial charge >= 0.3 is 5.97 Å². The van der Waals surface area contributed by atoms with Crippen LogP contribution in [0.1, 0.15) is 26.2 Å². The molecule has 2 rings (SSSR count). The Morgan fingerprint density at radius 3 is 2.47 bits per heavy atom. The Bertz CT molecular complexity index is 318. The molecule has 0 aromatic rings. The fraction of sp³-hybridized carbons (Fsp3) is 0.833. The molecular formula is C12H19NO3S. The molecule has 0 radical (unpaired) electrons. The van der Waals surface area contributed by atoms with E-state index in [0.29, 0.717) is 25.9 Å². The van der Waals surface area contributed by atoms with Crippen LogP contribution in [0.5, 0.6) is 0 Å². The second-order valence-electron chi connectivity index (χ2n) is 5.25. The number of amides is 1. The Hall–Kier alpha value is -0.710. The number of hydrogen-bond acceptors (Lipinski definition) is 3. The fourth-order valence-corrected chi connectivity index (χ4v) is 3.63. The molecule has 0 aliphatic carbocycles. The van der Waals surface area contributed by atoms with E-state index in [2.05, 4.69) is 0 Å². The van der Waals surface area contributed by atoms with E-state index in [1.807, 2.05) is 16.7 Å². The highest BCUT2D eigenvalue weighted by molar-refractivity contribution is 7.99. The van der Waals surface area contributed by atoms with Gasteiger partial charge < -0.3 is 10.0 Å². The number of aliphatic carboxylic acids is 1. The van der Waals surface area contributed by atoms with Gasteiger partial charge in [0.25, 0.3) is 0 Å². The third-order valence-electron chi connectivity index (χ3n) is 3.97. The van der Waals surface area contributed by atoms with Crippen LogP contribution >= 0.6 is 11.8 Å². The molecule has 96 valence electrons. The van der Waals surface area contributed by atoms with Gasteiger partial charge in [-0.1, -0.05) is 0 Å². The van der Waals surface area contributed by atoms with E-state index in [1.165, 1.54) is 0 Å². The average Bonchev–Trinajstić information content (AvgIpc) is 2.82. The van der Waals surface area contributed by atoms with Gasteiger partial charge in [-0.05, 0) is 31.9 Å². The monoisotopic (exact) mass is 257 g/mol. The number of carbonyl (C=O) groups is 2. The van der Waals surface area contributed by atoms with Crippen molar-refractivity contribution in [1.29, 1.82) is 0 Å². The molecule has 2 heterocycles. The quantitative estimate of drug-likeness (QED) is 0.813. The molecule has 1 amide bonds. The highest BCUT2D eigenvalue weighted by Crippen LogP contribution is 2.33. The number of piperidine rings is 1. The molecule has 1 N–H and O–H groups in total. The lowest BCUT2D eigenvalue weighted by atomic mass is 9.80. The summed E-state index contributed by atoms with van der Waals surface area (Å²) in [6, 6.07) is 0. The van der Waals surface area contributed by atoms with Crippen molar-refractivity contribution in [2.24, 2.45) is 11.3 Å². The van der Waals surface area contributed by atoms with Gasteiger partial charge in [0.1, 0.15) is 0 Å². The first kappa shape index (κ1) is 12.7. The molecule has 0 aromatic heterocycles. The van der Waals surface area contributed by atoms with Gasteiger partial charge in [-0.25, -0.2) is 0 Å². The molecule has 0 spiro atoms. The maximum absolute atomic E-state index is 12.1. The molecule has 5 heteroatoms. The summed E-state index contributed by atoms with van der Waals surface area (Å²) in [4.78, 5) is 25.1. The molecule has 1 atom stereocenters. The summed E-state index contributed by atoms with van der Waals surface area (Å²) in [6.07, 6.45) is 2.14. The Labute approximate surface area is 106 Å². The van der Waals surface area contributed by atoms with Gasteiger partial charge in [0, 0.05) is 24.8 Å². The third kappa shape index (κ3) is 2.59. The van der Waals surface area contributed by atoms with Gasteiger partial charge in [0.2, 0.25) is 5.91 Å². The summed E-state index contributed by atoms with van der Waals surface area (Å²) in [5, 5.41) is 9.13. The lowest BCUT2D eigenvalue weighted by molar-refractivity contribution is -0.153. The number of likely N-dealkylation sites (tertiary alicyclic amines) is 1. The zero-order valence-corrected chi connectivity index (χ0v) is 11.0. The van der Waals surface area contributed by atoms with Crippen molar-refractivity contribution in [3.63, 3.8) is 0 Å². The summed E-state index contributed by atoms with van der Waals surface area (Å²) in [6.45, 7) is 2.98. The van der Waals surface area contributed by atoms with Crippen LogP contribution in [0.2, 0.25) is 0 Å². The number of nitrogens with zero attached hydrogens (tertiary/aromatic N) is 1. The number of carbonyl (C=O) groups excluding carboxylic acids is 1. The van der Waals surface area contributed by atoms with Crippen LogP contribution in [0.3, 0.4) is 0 Å². The lowest BCUT2D eigenvalue weighted by Crippen LogP contribution is -2.47. The number of thioether (sulfide) groups is 1. The van der Waals surface area contributed by atoms with E-state index in [9.17, 15) is 9.59 Å². The van der Waals surface area contributed by atoms with E-state index in [4.69, 9.17) is 5.11 Å². The largest absolute Gasteiger partial charge is 0.481 e. The van der Waals surface area contributed by atoms with Crippen molar-refractivity contribution in [3.05, 3.63) is 0 Å². The van der Waals surface area contributed by atoms with E-state index in [0.717, 1.165) is 17.9 Å². The predicted octanol–water partition coefficient (Wildman–Crippen LogP) is 1.45. The smallest absolute Gasteiger partial charge is 0.309 e. The second-order valence-corrected chi connectivity index (χ2v) is 6.40. The predicted molar refractivity (Wildman–Crippen MR) is 67.0 cm³/mol. The molecule has 2 aliphatic heterocycles. The normalized spacial score (nSPS) is 28.1. The molecule has 0 saturated carbocycles. The molecule has 17 heavy (non-hydrogen) atoms. The summed E-state index contributed by atoms with van der Waals surface area (Å²) >= 11 is 1.84. The standard InChI is InChI=1S/C12H19NO3S/c1-12(11(15)16)3-5-13(6-4-12)10(14)9-2-7-17-8-9/h9H,2-8H2,1H3,(H,15,16). The minimum Gasteiger partial charge on any atom is -0.481 e. The fourth-order valence-electron chi connectivity index (χ4n) is 2.42. The lowest BCUT2D eigenvalue weighted by Gasteiger charge is -2.37. The van der Waals surface area contributed by atoms with Gasteiger partial charge in [-0.2, -0.15) is 11.8 Å². The van der Waals surface area contributed by atoms with Crippen molar-refractivity contribution >= 4 is 23.6 Å². The molecule has 2 fully saturated rings.